The van der Waals surface area contributed by atoms with Gasteiger partial charge in [-0.2, -0.15) is 0 Å². The predicted octanol–water partition coefficient (Wildman–Crippen LogP) is 4.41. The Balaban J connectivity index is 1.65. The molecule has 1 aliphatic carbocycles. The lowest BCUT2D eigenvalue weighted by molar-refractivity contribution is 0.410. The molecule has 2 atom stereocenters. The molecule has 104 valence electrons. The van der Waals surface area contributed by atoms with Crippen molar-refractivity contribution in [3.8, 4) is 0 Å². The summed E-state index contributed by atoms with van der Waals surface area (Å²) in [6.45, 7) is 0. The summed E-state index contributed by atoms with van der Waals surface area (Å²) in [5, 5.41) is 3.65. The highest BCUT2D eigenvalue weighted by atomic mass is 14.9. The van der Waals surface area contributed by atoms with E-state index < -0.39 is 0 Å². The van der Waals surface area contributed by atoms with Gasteiger partial charge in [0.25, 0.3) is 0 Å². The summed E-state index contributed by atoms with van der Waals surface area (Å²) in [7, 11) is 0. The fourth-order valence-corrected chi connectivity index (χ4v) is 3.16. The number of nitrogens with two attached hydrogens (primary N) is 1. The van der Waals surface area contributed by atoms with Crippen LogP contribution in [0.15, 0.2) is 54.6 Å². The van der Waals surface area contributed by atoms with E-state index in [0.717, 1.165) is 5.69 Å². The Morgan fingerprint density at radius 3 is 2.40 bits per heavy atom. The van der Waals surface area contributed by atoms with Gasteiger partial charge in [0.1, 0.15) is 0 Å². The number of nitrogens with one attached hydrogen (secondary N) is 1. The lowest BCUT2D eigenvalue weighted by atomic mass is 9.81. The zero-order chi connectivity index (χ0) is 13.8. The molecule has 0 aromatic heterocycles. The lowest BCUT2D eigenvalue weighted by Gasteiger charge is -2.30. The summed E-state index contributed by atoms with van der Waals surface area (Å²) in [4.78, 5) is 0. The van der Waals surface area contributed by atoms with E-state index in [4.69, 9.17) is 5.73 Å². The molecule has 1 saturated carbocycles. The van der Waals surface area contributed by atoms with Crippen LogP contribution in [0.5, 0.6) is 0 Å². The van der Waals surface area contributed by atoms with E-state index in [1.54, 1.807) is 0 Å². The number of benzene rings is 2. The minimum absolute atomic E-state index is 0.567. The van der Waals surface area contributed by atoms with Gasteiger partial charge in [0.05, 0.1) is 0 Å². The Kier molecular flexibility index (Phi) is 3.91. The van der Waals surface area contributed by atoms with E-state index in [1.165, 1.54) is 36.9 Å². The van der Waals surface area contributed by atoms with Crippen LogP contribution >= 0.6 is 0 Å². The molecule has 1 aliphatic rings. The number of nitrogen functional groups attached to an aromatic ring is 1. The quantitative estimate of drug-likeness (QED) is 0.808. The summed E-state index contributed by atoms with van der Waals surface area (Å²) in [5.41, 5.74) is 9.21. The van der Waals surface area contributed by atoms with Gasteiger partial charge in [-0.15, -0.1) is 0 Å². The molecule has 1 fully saturated rings. The van der Waals surface area contributed by atoms with Gasteiger partial charge < -0.3 is 11.1 Å². The molecular formula is C18H22N2. The zero-order valence-corrected chi connectivity index (χ0v) is 11.8. The smallest absolute Gasteiger partial charge is 0.0343 e. The molecule has 2 heteroatoms. The van der Waals surface area contributed by atoms with Crippen molar-refractivity contribution >= 4 is 11.4 Å². The molecule has 2 nitrogen and oxygen atoms in total. The Bertz CT molecular complexity index is 533. The minimum atomic E-state index is 0.567. The van der Waals surface area contributed by atoms with Crippen LogP contribution in [0.2, 0.25) is 0 Å². The topological polar surface area (TPSA) is 38.0 Å². The van der Waals surface area contributed by atoms with Crippen LogP contribution in [0, 0.1) is 0 Å². The second-order valence-corrected chi connectivity index (χ2v) is 5.74. The lowest BCUT2D eigenvalue weighted by Crippen LogP contribution is -2.26. The van der Waals surface area contributed by atoms with Gasteiger partial charge in [-0.25, -0.2) is 0 Å². The summed E-state index contributed by atoms with van der Waals surface area (Å²) in [6.07, 6.45) is 5.08. The van der Waals surface area contributed by atoms with Crippen molar-refractivity contribution in [3.05, 3.63) is 60.2 Å². The van der Waals surface area contributed by atoms with Crippen molar-refractivity contribution in [3.63, 3.8) is 0 Å². The third-order valence-electron chi connectivity index (χ3n) is 4.23. The van der Waals surface area contributed by atoms with Gasteiger partial charge in [0.2, 0.25) is 0 Å². The van der Waals surface area contributed by atoms with Crippen molar-refractivity contribution in [2.75, 3.05) is 11.1 Å². The SMILES string of the molecule is Nc1ccc(NC2CCCC(c3ccccc3)C2)cc1. The monoisotopic (exact) mass is 266 g/mol. The van der Waals surface area contributed by atoms with E-state index in [0.29, 0.717) is 12.0 Å². The van der Waals surface area contributed by atoms with Crippen LogP contribution in [0.1, 0.15) is 37.2 Å². The van der Waals surface area contributed by atoms with Gasteiger partial charge in [-0.05, 0) is 55.0 Å². The molecule has 0 spiro atoms. The standard InChI is InChI=1S/C18H22N2/c19-16-9-11-17(12-10-16)20-18-8-4-7-15(13-18)14-5-2-1-3-6-14/h1-3,5-6,9-12,15,18,20H,4,7-8,13,19H2. The van der Waals surface area contributed by atoms with E-state index in [2.05, 4.69) is 47.8 Å². The van der Waals surface area contributed by atoms with E-state index in [1.807, 2.05) is 12.1 Å². The maximum atomic E-state index is 5.73. The van der Waals surface area contributed by atoms with Gasteiger partial charge in [0.15, 0.2) is 0 Å². The molecule has 3 rings (SSSR count). The Morgan fingerprint density at radius 1 is 0.900 bits per heavy atom. The first kappa shape index (κ1) is 13.0. The molecule has 3 N–H and O–H groups in total. The van der Waals surface area contributed by atoms with Crippen LogP contribution in [0.3, 0.4) is 0 Å². The van der Waals surface area contributed by atoms with Gasteiger partial charge in [-0.3, -0.25) is 0 Å². The number of rotatable bonds is 3. The number of hydrogen-bond donors (Lipinski definition) is 2. The molecule has 0 aliphatic heterocycles. The first-order valence-electron chi connectivity index (χ1n) is 7.48. The second kappa shape index (κ2) is 6.00. The van der Waals surface area contributed by atoms with Crippen LogP contribution in [-0.4, -0.2) is 6.04 Å². The Labute approximate surface area is 121 Å². The average Bonchev–Trinajstić information content (AvgIpc) is 2.51. The van der Waals surface area contributed by atoms with Crippen molar-refractivity contribution in [2.24, 2.45) is 0 Å². The van der Waals surface area contributed by atoms with Crippen molar-refractivity contribution in [1.82, 2.24) is 0 Å². The van der Waals surface area contributed by atoms with Crippen molar-refractivity contribution < 1.29 is 0 Å². The van der Waals surface area contributed by atoms with E-state index in [9.17, 15) is 0 Å². The first-order chi connectivity index (χ1) is 9.81. The molecule has 2 aromatic rings. The largest absolute Gasteiger partial charge is 0.399 e. The van der Waals surface area contributed by atoms with E-state index >= 15 is 0 Å². The second-order valence-electron chi connectivity index (χ2n) is 5.74. The highest BCUT2D eigenvalue weighted by Gasteiger charge is 2.22. The molecule has 20 heavy (non-hydrogen) atoms. The third-order valence-corrected chi connectivity index (χ3v) is 4.23. The fraction of sp³-hybridized carbons (Fsp3) is 0.333. The number of anilines is 2. The summed E-state index contributed by atoms with van der Waals surface area (Å²) < 4.78 is 0. The molecule has 2 unspecified atom stereocenters. The fourth-order valence-electron chi connectivity index (χ4n) is 3.16. The van der Waals surface area contributed by atoms with Crippen molar-refractivity contribution in [2.45, 2.75) is 37.6 Å². The van der Waals surface area contributed by atoms with Gasteiger partial charge in [0, 0.05) is 17.4 Å². The minimum Gasteiger partial charge on any atom is -0.399 e. The molecular weight excluding hydrogens is 244 g/mol. The van der Waals surface area contributed by atoms with Crippen LogP contribution in [0.25, 0.3) is 0 Å². The molecule has 0 heterocycles. The average molecular weight is 266 g/mol. The molecule has 0 amide bonds. The van der Waals surface area contributed by atoms with Crippen LogP contribution < -0.4 is 11.1 Å². The van der Waals surface area contributed by atoms with Crippen LogP contribution in [0.4, 0.5) is 11.4 Å². The predicted molar refractivity (Wildman–Crippen MR) is 85.9 cm³/mol. The number of hydrogen-bond acceptors (Lipinski definition) is 2. The molecule has 2 aromatic carbocycles. The normalized spacial score (nSPS) is 22.4. The highest BCUT2D eigenvalue weighted by Crippen LogP contribution is 2.34. The zero-order valence-electron chi connectivity index (χ0n) is 11.8. The first-order valence-corrected chi connectivity index (χ1v) is 7.48. The summed E-state index contributed by atoms with van der Waals surface area (Å²) >= 11 is 0. The van der Waals surface area contributed by atoms with Crippen LogP contribution in [-0.2, 0) is 0 Å². The maximum absolute atomic E-state index is 5.73. The molecule has 0 saturated heterocycles. The Morgan fingerprint density at radius 2 is 1.65 bits per heavy atom. The van der Waals surface area contributed by atoms with Crippen molar-refractivity contribution in [1.29, 1.82) is 0 Å². The highest BCUT2D eigenvalue weighted by molar-refractivity contribution is 5.51. The summed E-state index contributed by atoms with van der Waals surface area (Å²) in [6, 6.07) is 19.5. The maximum Gasteiger partial charge on any atom is 0.0343 e. The van der Waals surface area contributed by atoms with Gasteiger partial charge >= 0.3 is 0 Å². The van der Waals surface area contributed by atoms with E-state index in [-0.39, 0.29) is 0 Å². The summed E-state index contributed by atoms with van der Waals surface area (Å²) in [5.74, 6) is 0.691. The molecule has 0 radical (unpaired) electrons. The third kappa shape index (κ3) is 3.13. The Hall–Kier alpha value is -1.96. The molecule has 0 bridgehead atoms. The van der Waals surface area contributed by atoms with Gasteiger partial charge in [-0.1, -0.05) is 36.8 Å².